The first kappa shape index (κ1) is 21.4. The summed E-state index contributed by atoms with van der Waals surface area (Å²) in [6.45, 7) is 15.9. The fourth-order valence-electron chi connectivity index (χ4n) is 5.29. The molecule has 6 nitrogen and oxygen atoms in total. The van der Waals surface area contributed by atoms with Crippen molar-refractivity contribution in [2.75, 3.05) is 77.4 Å². The molecule has 0 aromatic heterocycles. The Balaban J connectivity index is 1.19. The number of nitrogens with zero attached hydrogens (tertiary/aromatic N) is 5. The monoisotopic (exact) mass is 412 g/mol. The van der Waals surface area contributed by atoms with Gasteiger partial charge in [0.25, 0.3) is 0 Å². The van der Waals surface area contributed by atoms with Crippen LogP contribution in [0.4, 0.5) is 5.69 Å². The van der Waals surface area contributed by atoms with Crippen molar-refractivity contribution in [2.24, 2.45) is 4.99 Å². The van der Waals surface area contributed by atoms with Gasteiger partial charge < -0.3 is 15.1 Å². The van der Waals surface area contributed by atoms with Crippen molar-refractivity contribution in [2.45, 2.75) is 39.2 Å². The summed E-state index contributed by atoms with van der Waals surface area (Å²) in [5, 5.41) is 3.63. The van der Waals surface area contributed by atoms with Crippen LogP contribution >= 0.6 is 0 Å². The Labute approximate surface area is 182 Å². The predicted molar refractivity (Wildman–Crippen MR) is 127 cm³/mol. The van der Waals surface area contributed by atoms with Crippen molar-refractivity contribution in [3.63, 3.8) is 0 Å². The Morgan fingerprint density at radius 3 is 2.53 bits per heavy atom. The molecule has 0 saturated carbocycles. The van der Waals surface area contributed by atoms with Gasteiger partial charge in [-0.1, -0.05) is 12.1 Å². The molecule has 3 heterocycles. The van der Waals surface area contributed by atoms with Gasteiger partial charge in [-0.05, 0) is 63.4 Å². The summed E-state index contributed by atoms with van der Waals surface area (Å²) in [5.74, 6) is 1.09. The van der Waals surface area contributed by atoms with E-state index in [1.807, 2.05) is 7.05 Å². The summed E-state index contributed by atoms with van der Waals surface area (Å²) in [5.41, 5.74) is 4.23. The summed E-state index contributed by atoms with van der Waals surface area (Å²) in [7, 11) is 1.93. The maximum Gasteiger partial charge on any atom is 0.193 e. The molecule has 30 heavy (non-hydrogen) atoms. The summed E-state index contributed by atoms with van der Waals surface area (Å²) >= 11 is 0. The molecule has 1 aromatic rings. The van der Waals surface area contributed by atoms with E-state index < -0.39 is 0 Å². The number of guanidine groups is 1. The number of aryl methyl sites for hydroxylation is 1. The zero-order valence-electron chi connectivity index (χ0n) is 19.2. The van der Waals surface area contributed by atoms with E-state index in [4.69, 9.17) is 0 Å². The molecule has 0 bridgehead atoms. The molecule has 3 fully saturated rings. The highest BCUT2D eigenvalue weighted by Crippen LogP contribution is 2.24. The van der Waals surface area contributed by atoms with E-state index in [2.05, 4.69) is 62.0 Å². The Kier molecular flexibility index (Phi) is 7.16. The molecule has 0 spiro atoms. The first-order valence-electron chi connectivity index (χ1n) is 11.9. The van der Waals surface area contributed by atoms with Crippen LogP contribution < -0.4 is 10.2 Å². The van der Waals surface area contributed by atoms with Crippen LogP contribution in [-0.4, -0.2) is 99.2 Å². The number of nitrogens with one attached hydrogen (secondary N) is 1. The van der Waals surface area contributed by atoms with Crippen molar-refractivity contribution >= 4 is 11.6 Å². The first-order chi connectivity index (χ1) is 14.7. The summed E-state index contributed by atoms with van der Waals surface area (Å²) in [4.78, 5) is 14.8. The van der Waals surface area contributed by atoms with Gasteiger partial charge in [0.15, 0.2) is 5.96 Å². The summed E-state index contributed by atoms with van der Waals surface area (Å²) in [6, 6.07) is 7.40. The van der Waals surface area contributed by atoms with Crippen molar-refractivity contribution in [3.8, 4) is 0 Å². The molecule has 166 valence electrons. The van der Waals surface area contributed by atoms with E-state index in [9.17, 15) is 0 Å². The van der Waals surface area contributed by atoms with E-state index in [1.54, 1.807) is 0 Å². The molecule has 1 unspecified atom stereocenters. The Morgan fingerprint density at radius 1 is 1.03 bits per heavy atom. The molecular formula is C24H40N6. The number of aliphatic imine (C=N–C) groups is 1. The standard InChI is InChI=1S/C24H40N6/c1-20-7-6-8-23(21(20)2)29-17-15-27(16-18-29)14-10-26-24(25-3)30-13-9-22(19-30)28-11-4-5-12-28/h6-8,22H,4-5,9-19H2,1-3H3,(H,25,26). The van der Waals surface area contributed by atoms with Gasteiger partial charge in [0.05, 0.1) is 0 Å². The van der Waals surface area contributed by atoms with Crippen LogP contribution in [0, 0.1) is 13.8 Å². The quantitative estimate of drug-likeness (QED) is 0.593. The van der Waals surface area contributed by atoms with Gasteiger partial charge in [0.2, 0.25) is 0 Å². The van der Waals surface area contributed by atoms with E-state index in [0.29, 0.717) is 0 Å². The molecule has 1 aromatic carbocycles. The van der Waals surface area contributed by atoms with Gasteiger partial charge in [-0.25, -0.2) is 0 Å². The number of benzene rings is 1. The van der Waals surface area contributed by atoms with Crippen LogP contribution in [0.25, 0.3) is 0 Å². The van der Waals surface area contributed by atoms with Gasteiger partial charge in [0, 0.05) is 71.1 Å². The molecule has 1 N–H and O–H groups in total. The molecular weight excluding hydrogens is 372 g/mol. The van der Waals surface area contributed by atoms with Gasteiger partial charge in [-0.15, -0.1) is 0 Å². The average molecular weight is 413 g/mol. The molecule has 3 aliphatic heterocycles. The number of rotatable bonds is 5. The lowest BCUT2D eigenvalue weighted by Crippen LogP contribution is -2.50. The maximum atomic E-state index is 4.57. The Bertz CT molecular complexity index is 718. The smallest absolute Gasteiger partial charge is 0.193 e. The fourth-order valence-corrected chi connectivity index (χ4v) is 5.29. The lowest BCUT2D eigenvalue weighted by atomic mass is 10.1. The van der Waals surface area contributed by atoms with E-state index in [1.165, 1.54) is 49.2 Å². The largest absolute Gasteiger partial charge is 0.369 e. The van der Waals surface area contributed by atoms with Crippen molar-refractivity contribution in [3.05, 3.63) is 29.3 Å². The number of anilines is 1. The van der Waals surface area contributed by atoms with Gasteiger partial charge in [-0.3, -0.25) is 14.8 Å². The normalized spacial score (nSPS) is 24.1. The average Bonchev–Trinajstić information content (AvgIpc) is 3.46. The molecule has 6 heteroatoms. The maximum absolute atomic E-state index is 4.57. The van der Waals surface area contributed by atoms with Crippen LogP contribution in [0.2, 0.25) is 0 Å². The van der Waals surface area contributed by atoms with Crippen LogP contribution in [-0.2, 0) is 0 Å². The number of piperazine rings is 1. The zero-order chi connectivity index (χ0) is 20.9. The number of hydrogen-bond donors (Lipinski definition) is 1. The van der Waals surface area contributed by atoms with Crippen LogP contribution in [0.5, 0.6) is 0 Å². The molecule has 0 radical (unpaired) electrons. The van der Waals surface area contributed by atoms with Crippen LogP contribution in [0.1, 0.15) is 30.4 Å². The third-order valence-electron chi connectivity index (χ3n) is 7.33. The summed E-state index contributed by atoms with van der Waals surface area (Å²) < 4.78 is 0. The van der Waals surface area contributed by atoms with Gasteiger partial charge >= 0.3 is 0 Å². The zero-order valence-corrected chi connectivity index (χ0v) is 19.2. The lowest BCUT2D eigenvalue weighted by Gasteiger charge is -2.37. The summed E-state index contributed by atoms with van der Waals surface area (Å²) in [6.07, 6.45) is 4.03. The molecule has 0 aliphatic carbocycles. The second-order valence-corrected chi connectivity index (χ2v) is 9.15. The third kappa shape index (κ3) is 4.92. The minimum atomic E-state index is 0.726. The van der Waals surface area contributed by atoms with Gasteiger partial charge in [0.1, 0.15) is 0 Å². The highest BCUT2D eigenvalue weighted by Gasteiger charge is 2.30. The van der Waals surface area contributed by atoms with E-state index in [0.717, 1.165) is 64.4 Å². The second kappa shape index (κ2) is 10.0. The Hall–Kier alpha value is -1.79. The molecule has 1 atom stereocenters. The van der Waals surface area contributed by atoms with Crippen molar-refractivity contribution < 1.29 is 0 Å². The Morgan fingerprint density at radius 2 is 1.80 bits per heavy atom. The molecule has 3 aliphatic rings. The van der Waals surface area contributed by atoms with Crippen LogP contribution in [0.15, 0.2) is 23.2 Å². The van der Waals surface area contributed by atoms with E-state index in [-0.39, 0.29) is 0 Å². The minimum Gasteiger partial charge on any atom is -0.369 e. The molecule has 4 rings (SSSR count). The molecule has 3 saturated heterocycles. The van der Waals surface area contributed by atoms with Crippen molar-refractivity contribution in [1.29, 1.82) is 0 Å². The minimum absolute atomic E-state index is 0.726. The highest BCUT2D eigenvalue weighted by atomic mass is 15.3. The lowest BCUT2D eigenvalue weighted by molar-refractivity contribution is 0.248. The topological polar surface area (TPSA) is 37.4 Å². The molecule has 0 amide bonds. The fraction of sp³-hybridized carbons (Fsp3) is 0.708. The number of likely N-dealkylation sites (tertiary alicyclic amines) is 2. The van der Waals surface area contributed by atoms with E-state index >= 15 is 0 Å². The second-order valence-electron chi connectivity index (χ2n) is 9.15. The van der Waals surface area contributed by atoms with Gasteiger partial charge in [-0.2, -0.15) is 0 Å². The first-order valence-corrected chi connectivity index (χ1v) is 11.9. The third-order valence-corrected chi connectivity index (χ3v) is 7.33. The highest BCUT2D eigenvalue weighted by molar-refractivity contribution is 5.80. The SMILES string of the molecule is CN=C(NCCN1CCN(c2cccc(C)c2C)CC1)N1CCC(N2CCCC2)C1. The van der Waals surface area contributed by atoms with Crippen LogP contribution in [0.3, 0.4) is 0 Å². The predicted octanol–water partition coefficient (Wildman–Crippen LogP) is 2.17. The number of hydrogen-bond acceptors (Lipinski definition) is 4. The van der Waals surface area contributed by atoms with Crippen molar-refractivity contribution in [1.82, 2.24) is 20.0 Å².